The van der Waals surface area contributed by atoms with Crippen molar-refractivity contribution in [2.45, 2.75) is 13.5 Å². The number of thiazole rings is 1. The van der Waals surface area contributed by atoms with Crippen LogP contribution in [-0.2, 0) is 11.3 Å². The van der Waals surface area contributed by atoms with Gasteiger partial charge in [-0.3, -0.25) is 4.79 Å². The summed E-state index contributed by atoms with van der Waals surface area (Å²) in [5, 5.41) is 11.5. The lowest BCUT2D eigenvalue weighted by Crippen LogP contribution is -2.10. The summed E-state index contributed by atoms with van der Waals surface area (Å²) in [6.07, 6.45) is 0. The van der Waals surface area contributed by atoms with Gasteiger partial charge in [-0.25, -0.2) is 18.7 Å². The number of imidazole rings is 1. The Balaban J connectivity index is 2.29. The molecule has 0 saturated heterocycles. The summed E-state index contributed by atoms with van der Waals surface area (Å²) in [6.45, 7) is 1.39. The third-order valence-electron chi connectivity index (χ3n) is 2.93. The van der Waals surface area contributed by atoms with Gasteiger partial charge in [0.05, 0.1) is 16.0 Å². The van der Waals surface area contributed by atoms with Gasteiger partial charge in [-0.05, 0) is 6.92 Å². The molecule has 0 saturated carbocycles. The van der Waals surface area contributed by atoms with Gasteiger partial charge in [0.25, 0.3) is 0 Å². The summed E-state index contributed by atoms with van der Waals surface area (Å²) < 4.78 is 28.0. The molecule has 2 heterocycles. The average molecular weight is 309 g/mol. The Morgan fingerprint density at radius 2 is 2.05 bits per heavy atom. The first-order valence-corrected chi connectivity index (χ1v) is 6.83. The second-order valence-corrected chi connectivity index (χ2v) is 5.48. The van der Waals surface area contributed by atoms with Crippen LogP contribution in [0.3, 0.4) is 0 Å². The summed E-state index contributed by atoms with van der Waals surface area (Å²) in [5.41, 5.74) is 0.892. The van der Waals surface area contributed by atoms with E-state index in [2.05, 4.69) is 9.97 Å². The predicted octanol–water partition coefficient (Wildman–Crippen LogP) is 2.83. The molecular formula is C13H9F2N3O2S. The standard InChI is InChI=1S/C13H9F2N3O2S/c1-6-16-10(5-21-6)13-17-9-2-7(14)8(15)3-11(9)18(13)4-12(19)20/h2-3,5H,4H2,1H3,(H,19,20). The van der Waals surface area contributed by atoms with Crippen molar-refractivity contribution in [2.75, 3.05) is 0 Å². The largest absolute Gasteiger partial charge is 0.480 e. The van der Waals surface area contributed by atoms with Crippen molar-refractivity contribution in [2.24, 2.45) is 0 Å². The molecule has 8 heteroatoms. The van der Waals surface area contributed by atoms with Crippen LogP contribution >= 0.6 is 11.3 Å². The van der Waals surface area contributed by atoms with Crippen LogP contribution in [0.4, 0.5) is 8.78 Å². The third-order valence-corrected chi connectivity index (χ3v) is 3.71. The maximum atomic E-state index is 13.4. The molecular weight excluding hydrogens is 300 g/mol. The molecule has 0 bridgehead atoms. The minimum atomic E-state index is -1.10. The monoisotopic (exact) mass is 309 g/mol. The highest BCUT2D eigenvalue weighted by Crippen LogP contribution is 2.27. The lowest BCUT2D eigenvalue weighted by atomic mass is 10.3. The molecule has 0 spiro atoms. The van der Waals surface area contributed by atoms with Gasteiger partial charge in [-0.2, -0.15) is 0 Å². The van der Waals surface area contributed by atoms with Crippen LogP contribution in [0.2, 0.25) is 0 Å². The average Bonchev–Trinajstić information content (AvgIpc) is 2.95. The fourth-order valence-electron chi connectivity index (χ4n) is 2.08. The predicted molar refractivity (Wildman–Crippen MR) is 73.1 cm³/mol. The summed E-state index contributed by atoms with van der Waals surface area (Å²) in [7, 11) is 0. The Bertz CT molecular complexity index is 857. The highest BCUT2D eigenvalue weighted by Gasteiger charge is 2.18. The number of carboxylic acid groups (broad SMARTS) is 1. The smallest absolute Gasteiger partial charge is 0.323 e. The second kappa shape index (κ2) is 4.88. The van der Waals surface area contributed by atoms with Crippen LogP contribution in [0.15, 0.2) is 17.5 Å². The molecule has 2 aromatic heterocycles. The van der Waals surface area contributed by atoms with Crippen LogP contribution < -0.4 is 0 Å². The molecule has 3 aromatic rings. The van der Waals surface area contributed by atoms with Crippen molar-refractivity contribution in [1.82, 2.24) is 14.5 Å². The van der Waals surface area contributed by atoms with Crippen molar-refractivity contribution in [3.8, 4) is 11.5 Å². The molecule has 0 atom stereocenters. The van der Waals surface area contributed by atoms with E-state index in [1.54, 1.807) is 12.3 Å². The van der Waals surface area contributed by atoms with Gasteiger partial charge in [-0.1, -0.05) is 0 Å². The van der Waals surface area contributed by atoms with E-state index in [0.29, 0.717) is 5.69 Å². The van der Waals surface area contributed by atoms with Crippen molar-refractivity contribution in [1.29, 1.82) is 0 Å². The summed E-state index contributed by atoms with van der Waals surface area (Å²) in [4.78, 5) is 19.4. The molecule has 0 unspecified atom stereocenters. The zero-order chi connectivity index (χ0) is 15.1. The normalized spacial score (nSPS) is 11.2. The highest BCUT2D eigenvalue weighted by molar-refractivity contribution is 7.09. The number of nitrogens with zero attached hydrogens (tertiary/aromatic N) is 3. The van der Waals surface area contributed by atoms with E-state index in [0.717, 1.165) is 17.1 Å². The van der Waals surface area contributed by atoms with Crippen LogP contribution in [-0.4, -0.2) is 25.6 Å². The first-order valence-electron chi connectivity index (χ1n) is 5.95. The molecule has 0 amide bonds. The number of aromatic nitrogens is 3. The third kappa shape index (κ3) is 2.38. The lowest BCUT2D eigenvalue weighted by Gasteiger charge is -2.04. The zero-order valence-corrected chi connectivity index (χ0v) is 11.6. The van der Waals surface area contributed by atoms with E-state index in [1.165, 1.54) is 15.9 Å². The Hall–Kier alpha value is -2.35. The maximum Gasteiger partial charge on any atom is 0.323 e. The minimum absolute atomic E-state index is 0.191. The molecule has 108 valence electrons. The quantitative estimate of drug-likeness (QED) is 0.808. The lowest BCUT2D eigenvalue weighted by molar-refractivity contribution is -0.137. The number of hydrogen-bond acceptors (Lipinski definition) is 4. The Morgan fingerprint density at radius 3 is 2.67 bits per heavy atom. The Labute approximate surface area is 121 Å². The summed E-state index contributed by atoms with van der Waals surface area (Å²) in [5.74, 6) is -2.90. The van der Waals surface area contributed by atoms with Gasteiger partial charge in [0.15, 0.2) is 17.5 Å². The molecule has 0 fully saturated rings. The van der Waals surface area contributed by atoms with Crippen molar-refractivity contribution >= 4 is 28.3 Å². The van der Waals surface area contributed by atoms with Crippen LogP contribution in [0.25, 0.3) is 22.6 Å². The van der Waals surface area contributed by atoms with Crippen LogP contribution in [0, 0.1) is 18.6 Å². The number of fused-ring (bicyclic) bond motifs is 1. The van der Waals surface area contributed by atoms with Crippen LogP contribution in [0.1, 0.15) is 5.01 Å². The van der Waals surface area contributed by atoms with E-state index >= 15 is 0 Å². The summed E-state index contributed by atoms with van der Waals surface area (Å²) in [6, 6.07) is 1.90. The second-order valence-electron chi connectivity index (χ2n) is 4.42. The fourth-order valence-corrected chi connectivity index (χ4v) is 2.67. The van der Waals surface area contributed by atoms with Gasteiger partial charge in [0.1, 0.15) is 12.2 Å². The van der Waals surface area contributed by atoms with Gasteiger partial charge >= 0.3 is 5.97 Å². The number of carbonyl (C=O) groups is 1. The number of carboxylic acids is 1. The van der Waals surface area contributed by atoms with E-state index in [1.807, 2.05) is 0 Å². The minimum Gasteiger partial charge on any atom is -0.480 e. The Morgan fingerprint density at radius 1 is 1.33 bits per heavy atom. The number of rotatable bonds is 3. The molecule has 1 aromatic carbocycles. The Kier molecular flexibility index (Phi) is 3.17. The van der Waals surface area contributed by atoms with Gasteiger partial charge in [0.2, 0.25) is 0 Å². The van der Waals surface area contributed by atoms with Crippen molar-refractivity contribution in [3.05, 3.63) is 34.2 Å². The highest BCUT2D eigenvalue weighted by atomic mass is 32.1. The molecule has 21 heavy (non-hydrogen) atoms. The fraction of sp³-hybridized carbons (Fsp3) is 0.154. The molecule has 3 rings (SSSR count). The number of aliphatic carboxylic acids is 1. The maximum absolute atomic E-state index is 13.4. The van der Waals surface area contributed by atoms with Crippen molar-refractivity contribution in [3.63, 3.8) is 0 Å². The molecule has 0 aliphatic rings. The number of halogens is 2. The molecule has 1 N–H and O–H groups in total. The molecule has 0 aliphatic carbocycles. The van der Waals surface area contributed by atoms with E-state index in [4.69, 9.17) is 5.11 Å². The topological polar surface area (TPSA) is 68.0 Å². The van der Waals surface area contributed by atoms with Crippen molar-refractivity contribution < 1.29 is 18.7 Å². The SMILES string of the molecule is Cc1nc(-c2nc3cc(F)c(F)cc3n2CC(=O)O)cs1. The number of benzene rings is 1. The van der Waals surface area contributed by atoms with E-state index in [9.17, 15) is 13.6 Å². The molecule has 5 nitrogen and oxygen atoms in total. The van der Waals surface area contributed by atoms with Gasteiger partial charge in [0, 0.05) is 17.5 Å². The van der Waals surface area contributed by atoms with E-state index < -0.39 is 24.1 Å². The van der Waals surface area contributed by atoms with Crippen LogP contribution in [0.5, 0.6) is 0 Å². The number of hydrogen-bond donors (Lipinski definition) is 1. The first kappa shape index (κ1) is 13.6. The van der Waals surface area contributed by atoms with Gasteiger partial charge in [-0.15, -0.1) is 11.3 Å². The first-order chi connectivity index (χ1) is 9.95. The molecule has 0 radical (unpaired) electrons. The van der Waals surface area contributed by atoms with E-state index in [-0.39, 0.29) is 16.9 Å². The number of aryl methyl sites for hydroxylation is 1. The summed E-state index contributed by atoms with van der Waals surface area (Å²) >= 11 is 1.38. The van der Waals surface area contributed by atoms with Gasteiger partial charge < -0.3 is 9.67 Å². The molecule has 0 aliphatic heterocycles. The zero-order valence-electron chi connectivity index (χ0n) is 10.8.